The first kappa shape index (κ1) is 13.1. The minimum Gasteiger partial charge on any atom is -0.474 e. The third-order valence-corrected chi connectivity index (χ3v) is 2.85. The topological polar surface area (TPSA) is 74.4 Å². The highest BCUT2D eigenvalue weighted by Gasteiger charge is 2.26. The van der Waals surface area contributed by atoms with E-state index in [9.17, 15) is 4.79 Å². The predicted molar refractivity (Wildman–Crippen MR) is 66.6 cm³/mol. The zero-order valence-corrected chi connectivity index (χ0v) is 10.8. The van der Waals surface area contributed by atoms with Gasteiger partial charge in [-0.05, 0) is 18.9 Å². The highest BCUT2D eigenvalue weighted by Crippen LogP contribution is 2.29. The molecule has 0 spiro atoms. The van der Waals surface area contributed by atoms with Gasteiger partial charge in [-0.3, -0.25) is 4.79 Å². The highest BCUT2D eigenvalue weighted by atomic mass is 35.5. The van der Waals surface area contributed by atoms with Gasteiger partial charge >= 0.3 is 5.97 Å². The minimum atomic E-state index is -0.739. The molecular weight excluding hydrogens is 256 g/mol. The summed E-state index contributed by atoms with van der Waals surface area (Å²) < 4.78 is 10.2. The number of pyridine rings is 1. The van der Waals surface area contributed by atoms with Gasteiger partial charge in [-0.25, -0.2) is 4.98 Å². The quantitative estimate of drug-likeness (QED) is 0.817. The van der Waals surface area contributed by atoms with Crippen molar-refractivity contribution in [2.24, 2.45) is 5.73 Å². The van der Waals surface area contributed by atoms with Crippen LogP contribution in [-0.2, 0) is 16.0 Å². The Kier molecular flexibility index (Phi) is 4.04. The molecule has 2 rings (SSSR count). The van der Waals surface area contributed by atoms with Gasteiger partial charge in [0, 0.05) is 18.2 Å². The number of esters is 1. The van der Waals surface area contributed by atoms with E-state index in [4.69, 9.17) is 22.1 Å². The summed E-state index contributed by atoms with van der Waals surface area (Å²) in [7, 11) is 1.31. The van der Waals surface area contributed by atoms with Gasteiger partial charge in [-0.2, -0.15) is 0 Å². The molecule has 98 valence electrons. The number of methoxy groups -OCH3 is 1. The third-order valence-electron chi connectivity index (χ3n) is 2.64. The maximum atomic E-state index is 11.3. The van der Waals surface area contributed by atoms with Crippen molar-refractivity contribution in [3.05, 3.63) is 22.8 Å². The van der Waals surface area contributed by atoms with E-state index in [1.165, 1.54) is 13.3 Å². The van der Waals surface area contributed by atoms with E-state index >= 15 is 0 Å². The normalized spacial score (nSPS) is 16.2. The summed E-state index contributed by atoms with van der Waals surface area (Å²) >= 11 is 5.89. The largest absolute Gasteiger partial charge is 0.474 e. The van der Waals surface area contributed by atoms with Gasteiger partial charge in [0.05, 0.1) is 12.1 Å². The van der Waals surface area contributed by atoms with Crippen molar-refractivity contribution in [3.63, 3.8) is 0 Å². The number of nitrogens with two attached hydrogens (primary N) is 1. The lowest BCUT2D eigenvalue weighted by Crippen LogP contribution is -2.33. The zero-order chi connectivity index (χ0) is 13.1. The van der Waals surface area contributed by atoms with Crippen LogP contribution < -0.4 is 10.5 Å². The first-order chi connectivity index (χ1) is 8.60. The minimum absolute atomic E-state index is 0.228. The molecule has 6 heteroatoms. The molecule has 2 N–H and O–H groups in total. The standard InChI is InChI=1S/C12H15ClN2O3/c1-17-12(16)10(14)5-7-4-8(13)6-15-11(7)18-9-2-3-9/h4,6,9-10H,2-3,5,14H2,1H3. The molecule has 1 aromatic rings. The highest BCUT2D eigenvalue weighted by molar-refractivity contribution is 6.30. The molecule has 1 atom stereocenters. The summed E-state index contributed by atoms with van der Waals surface area (Å²) in [5.41, 5.74) is 6.45. The van der Waals surface area contributed by atoms with Gasteiger partial charge in [0.1, 0.15) is 12.1 Å². The van der Waals surface area contributed by atoms with E-state index in [1.807, 2.05) is 0 Å². The van der Waals surface area contributed by atoms with E-state index in [0.29, 0.717) is 17.3 Å². The van der Waals surface area contributed by atoms with Crippen LogP contribution in [0.2, 0.25) is 5.02 Å². The Hall–Kier alpha value is -1.33. The molecule has 18 heavy (non-hydrogen) atoms. The van der Waals surface area contributed by atoms with Crippen LogP contribution in [0.5, 0.6) is 5.88 Å². The lowest BCUT2D eigenvalue weighted by atomic mass is 10.1. The van der Waals surface area contributed by atoms with E-state index in [-0.39, 0.29) is 6.10 Å². The predicted octanol–water partition coefficient (Wildman–Crippen LogP) is 1.32. The Labute approximate surface area is 110 Å². The molecule has 0 aliphatic heterocycles. The molecule has 1 aliphatic carbocycles. The number of ether oxygens (including phenoxy) is 2. The smallest absolute Gasteiger partial charge is 0.322 e. The van der Waals surface area contributed by atoms with E-state index in [2.05, 4.69) is 9.72 Å². The average Bonchev–Trinajstić information content (AvgIpc) is 3.15. The fraction of sp³-hybridized carbons (Fsp3) is 0.500. The van der Waals surface area contributed by atoms with Crippen LogP contribution >= 0.6 is 11.6 Å². The van der Waals surface area contributed by atoms with Crippen molar-refractivity contribution in [2.75, 3.05) is 7.11 Å². The Morgan fingerprint density at radius 1 is 1.67 bits per heavy atom. The first-order valence-electron chi connectivity index (χ1n) is 5.74. The van der Waals surface area contributed by atoms with Gasteiger partial charge in [0.15, 0.2) is 0 Å². The number of rotatable bonds is 5. The van der Waals surface area contributed by atoms with Crippen molar-refractivity contribution in [3.8, 4) is 5.88 Å². The molecule has 0 aromatic carbocycles. The molecule has 1 aliphatic rings. The second-order valence-electron chi connectivity index (χ2n) is 4.27. The number of hydrogen-bond acceptors (Lipinski definition) is 5. The summed E-state index contributed by atoms with van der Waals surface area (Å²) in [4.78, 5) is 15.4. The number of carbonyl (C=O) groups is 1. The SMILES string of the molecule is COC(=O)C(N)Cc1cc(Cl)cnc1OC1CC1. The second-order valence-corrected chi connectivity index (χ2v) is 4.71. The first-order valence-corrected chi connectivity index (χ1v) is 6.12. The molecule has 1 fully saturated rings. The lowest BCUT2D eigenvalue weighted by molar-refractivity contribution is -0.142. The fourth-order valence-corrected chi connectivity index (χ4v) is 1.72. The molecule has 0 saturated heterocycles. The van der Waals surface area contributed by atoms with E-state index in [0.717, 1.165) is 18.4 Å². The Balaban J connectivity index is 2.13. The van der Waals surface area contributed by atoms with Crippen molar-refractivity contribution >= 4 is 17.6 Å². The summed E-state index contributed by atoms with van der Waals surface area (Å²) in [6, 6.07) is 0.978. The molecule has 0 radical (unpaired) electrons. The molecule has 1 unspecified atom stereocenters. The molecule has 1 heterocycles. The van der Waals surface area contributed by atoms with Crippen LogP contribution in [-0.4, -0.2) is 30.2 Å². The maximum Gasteiger partial charge on any atom is 0.322 e. The number of aromatic nitrogens is 1. The van der Waals surface area contributed by atoms with Crippen molar-refractivity contribution in [1.82, 2.24) is 4.98 Å². The number of nitrogens with zero attached hydrogens (tertiary/aromatic N) is 1. The van der Waals surface area contributed by atoms with Gasteiger partial charge in [0.2, 0.25) is 5.88 Å². The van der Waals surface area contributed by atoms with Crippen LogP contribution in [0.15, 0.2) is 12.3 Å². The number of hydrogen-bond donors (Lipinski definition) is 1. The third kappa shape index (κ3) is 3.34. The van der Waals surface area contributed by atoms with Crippen LogP contribution in [0.4, 0.5) is 0 Å². The Bertz CT molecular complexity index is 449. The van der Waals surface area contributed by atoms with Crippen molar-refractivity contribution < 1.29 is 14.3 Å². The average molecular weight is 271 g/mol. The van der Waals surface area contributed by atoms with Crippen molar-refractivity contribution in [2.45, 2.75) is 31.4 Å². The van der Waals surface area contributed by atoms with Crippen LogP contribution in [0.3, 0.4) is 0 Å². The number of carbonyl (C=O) groups excluding carboxylic acids is 1. The molecule has 1 aromatic heterocycles. The van der Waals surface area contributed by atoms with E-state index < -0.39 is 12.0 Å². The van der Waals surface area contributed by atoms with Crippen LogP contribution in [0.25, 0.3) is 0 Å². The molecule has 5 nitrogen and oxygen atoms in total. The van der Waals surface area contributed by atoms with Gasteiger partial charge < -0.3 is 15.2 Å². The van der Waals surface area contributed by atoms with E-state index in [1.54, 1.807) is 6.07 Å². The summed E-state index contributed by atoms with van der Waals surface area (Å²) in [5, 5.41) is 0.491. The fourth-order valence-electron chi connectivity index (χ4n) is 1.54. The summed E-state index contributed by atoms with van der Waals surface area (Å²) in [5.74, 6) is 0.0357. The van der Waals surface area contributed by atoms with Crippen LogP contribution in [0, 0.1) is 0 Å². The number of halogens is 1. The molecule has 1 saturated carbocycles. The molecule has 0 bridgehead atoms. The summed E-state index contributed by atoms with van der Waals surface area (Å²) in [6.45, 7) is 0. The lowest BCUT2D eigenvalue weighted by Gasteiger charge is -2.13. The second kappa shape index (κ2) is 5.54. The molecular formula is C12H15ClN2O3. The van der Waals surface area contributed by atoms with Gasteiger partial charge in [0.25, 0.3) is 0 Å². The zero-order valence-electron chi connectivity index (χ0n) is 10.1. The Morgan fingerprint density at radius 3 is 3.00 bits per heavy atom. The monoisotopic (exact) mass is 270 g/mol. The van der Waals surface area contributed by atoms with Gasteiger partial charge in [-0.15, -0.1) is 0 Å². The van der Waals surface area contributed by atoms with Gasteiger partial charge in [-0.1, -0.05) is 11.6 Å². The maximum absolute atomic E-state index is 11.3. The summed E-state index contributed by atoms with van der Waals surface area (Å²) in [6.07, 6.45) is 4.11. The Morgan fingerprint density at radius 2 is 2.39 bits per heavy atom. The van der Waals surface area contributed by atoms with Crippen molar-refractivity contribution in [1.29, 1.82) is 0 Å². The van der Waals surface area contributed by atoms with Crippen LogP contribution in [0.1, 0.15) is 18.4 Å². The molecule has 0 amide bonds.